The van der Waals surface area contributed by atoms with Crippen molar-refractivity contribution in [1.29, 1.82) is 5.26 Å². The third-order valence-corrected chi connectivity index (χ3v) is 7.15. The van der Waals surface area contributed by atoms with Gasteiger partial charge in [0.2, 0.25) is 5.91 Å². The molecule has 0 aliphatic carbocycles. The summed E-state index contributed by atoms with van der Waals surface area (Å²) in [6, 6.07) is 40.5. The van der Waals surface area contributed by atoms with Gasteiger partial charge in [0.1, 0.15) is 11.1 Å². The van der Waals surface area contributed by atoms with Gasteiger partial charge in [0, 0.05) is 27.5 Å². The van der Waals surface area contributed by atoms with E-state index in [1.54, 1.807) is 17.0 Å². The van der Waals surface area contributed by atoms with Crippen molar-refractivity contribution in [3.8, 4) is 28.5 Å². The van der Waals surface area contributed by atoms with Crippen LogP contribution in [-0.2, 0) is 4.79 Å². The molecule has 0 aliphatic rings. The number of hydrogen-bond acceptors (Lipinski definition) is 4. The van der Waals surface area contributed by atoms with Crippen molar-refractivity contribution in [1.82, 2.24) is 4.98 Å². The molecule has 5 rings (SSSR count). The summed E-state index contributed by atoms with van der Waals surface area (Å²) in [5.41, 5.74) is 5.24. The summed E-state index contributed by atoms with van der Waals surface area (Å²) in [5, 5.41) is 11.3. The normalized spacial score (nSPS) is 10.5. The first-order valence-corrected chi connectivity index (χ1v) is 13.3. The monoisotopic (exact) mass is 531 g/mol. The number of anilines is 2. The maximum atomic E-state index is 13.6. The Morgan fingerprint density at radius 1 is 0.789 bits per heavy atom. The molecule has 5 aromatic rings. The minimum Gasteiger partial charge on any atom is -0.280 e. The Bertz CT molecular complexity index is 1550. The molecule has 0 radical (unpaired) electrons. The van der Waals surface area contributed by atoms with Crippen LogP contribution in [0.15, 0.2) is 126 Å². The average Bonchev–Trinajstić information content (AvgIpc) is 2.97. The van der Waals surface area contributed by atoms with Crippen LogP contribution in [0.25, 0.3) is 22.4 Å². The summed E-state index contributed by atoms with van der Waals surface area (Å²) in [7, 11) is 0. The Hall–Kier alpha value is -4.37. The number of carbonyl (C=O) groups excluding carboxylic acids is 1. The fraction of sp³-hybridized carbons (Fsp3) is 0.0312. The van der Waals surface area contributed by atoms with E-state index in [1.807, 2.05) is 109 Å². The summed E-state index contributed by atoms with van der Waals surface area (Å²) in [6.07, 6.45) is 0. The minimum atomic E-state index is -0.115. The molecule has 0 saturated heterocycles. The molecule has 0 aliphatic heterocycles. The number of benzene rings is 4. The van der Waals surface area contributed by atoms with Crippen molar-refractivity contribution in [3.63, 3.8) is 0 Å². The van der Waals surface area contributed by atoms with E-state index < -0.39 is 0 Å². The highest BCUT2D eigenvalue weighted by molar-refractivity contribution is 8.00. The maximum absolute atomic E-state index is 13.6. The topological polar surface area (TPSA) is 57.0 Å². The van der Waals surface area contributed by atoms with E-state index in [1.165, 1.54) is 11.8 Å². The molecule has 1 heterocycles. The molecule has 4 aromatic carbocycles. The molecular formula is C32H22ClN3OS. The van der Waals surface area contributed by atoms with Crippen LogP contribution in [0.5, 0.6) is 0 Å². The zero-order chi connectivity index (χ0) is 26.3. The zero-order valence-electron chi connectivity index (χ0n) is 20.3. The highest BCUT2D eigenvalue weighted by Crippen LogP contribution is 2.35. The van der Waals surface area contributed by atoms with Crippen molar-refractivity contribution in [3.05, 3.63) is 132 Å². The van der Waals surface area contributed by atoms with E-state index in [9.17, 15) is 10.1 Å². The molecule has 1 aromatic heterocycles. The lowest BCUT2D eigenvalue weighted by molar-refractivity contribution is -0.115. The largest absolute Gasteiger partial charge is 0.280 e. The van der Waals surface area contributed by atoms with Gasteiger partial charge < -0.3 is 0 Å². The Balaban J connectivity index is 1.54. The van der Waals surface area contributed by atoms with Gasteiger partial charge in [0.05, 0.1) is 17.0 Å². The molecular weight excluding hydrogens is 510 g/mol. The van der Waals surface area contributed by atoms with E-state index in [0.717, 1.165) is 33.8 Å². The third kappa shape index (κ3) is 5.63. The predicted molar refractivity (Wildman–Crippen MR) is 156 cm³/mol. The number of thioether (sulfide) groups is 1. The molecule has 184 valence electrons. The second kappa shape index (κ2) is 11.8. The lowest BCUT2D eigenvalue weighted by Gasteiger charge is -2.23. The van der Waals surface area contributed by atoms with Crippen molar-refractivity contribution in [2.75, 3.05) is 10.7 Å². The average molecular weight is 532 g/mol. The Kier molecular flexibility index (Phi) is 7.84. The highest BCUT2D eigenvalue weighted by atomic mass is 35.5. The van der Waals surface area contributed by atoms with Crippen LogP contribution in [0, 0.1) is 11.3 Å². The maximum Gasteiger partial charge on any atom is 0.241 e. The van der Waals surface area contributed by atoms with Gasteiger partial charge in [-0.05, 0) is 48.0 Å². The molecule has 0 saturated carbocycles. The van der Waals surface area contributed by atoms with Gasteiger partial charge in [0.25, 0.3) is 0 Å². The lowest BCUT2D eigenvalue weighted by Crippen LogP contribution is -2.27. The predicted octanol–water partition coefficient (Wildman–Crippen LogP) is 8.40. The molecule has 0 bridgehead atoms. The van der Waals surface area contributed by atoms with Crippen LogP contribution in [0.1, 0.15) is 5.56 Å². The lowest BCUT2D eigenvalue weighted by atomic mass is 9.99. The number of aromatic nitrogens is 1. The molecule has 1 amide bonds. The van der Waals surface area contributed by atoms with E-state index in [-0.39, 0.29) is 11.7 Å². The standard InChI is InChI=1S/C32H22ClN3OS/c33-25-18-16-23(17-19-25)28-20-30(24-10-4-1-5-11-24)35-32(29(28)21-34)38-22-31(37)36(26-12-6-2-7-13-26)27-14-8-3-9-15-27/h1-20H,22H2. The quantitative estimate of drug-likeness (QED) is 0.198. The number of pyridine rings is 1. The molecule has 0 unspecified atom stereocenters. The van der Waals surface area contributed by atoms with Gasteiger partial charge in [-0.2, -0.15) is 5.26 Å². The van der Waals surface area contributed by atoms with Crippen LogP contribution in [0.3, 0.4) is 0 Å². The number of para-hydroxylation sites is 2. The van der Waals surface area contributed by atoms with Crippen molar-refractivity contribution >= 4 is 40.6 Å². The van der Waals surface area contributed by atoms with E-state index in [0.29, 0.717) is 15.6 Å². The summed E-state index contributed by atoms with van der Waals surface area (Å²) in [4.78, 5) is 20.2. The van der Waals surface area contributed by atoms with Crippen LogP contribution >= 0.6 is 23.4 Å². The number of carbonyl (C=O) groups is 1. The van der Waals surface area contributed by atoms with Gasteiger partial charge in [0.15, 0.2) is 0 Å². The molecule has 4 nitrogen and oxygen atoms in total. The van der Waals surface area contributed by atoms with E-state index in [2.05, 4.69) is 6.07 Å². The number of rotatable bonds is 7. The molecule has 38 heavy (non-hydrogen) atoms. The van der Waals surface area contributed by atoms with Crippen LogP contribution < -0.4 is 4.90 Å². The number of nitrogens with zero attached hydrogens (tertiary/aromatic N) is 3. The molecule has 0 fully saturated rings. The number of amides is 1. The first-order chi connectivity index (χ1) is 18.6. The molecule has 6 heteroatoms. The first kappa shape index (κ1) is 25.3. The van der Waals surface area contributed by atoms with Crippen molar-refractivity contribution in [2.45, 2.75) is 5.03 Å². The van der Waals surface area contributed by atoms with Crippen molar-refractivity contribution in [2.24, 2.45) is 0 Å². The van der Waals surface area contributed by atoms with Gasteiger partial charge in [-0.25, -0.2) is 4.98 Å². The second-order valence-corrected chi connectivity index (χ2v) is 9.81. The first-order valence-electron chi connectivity index (χ1n) is 12.0. The summed E-state index contributed by atoms with van der Waals surface area (Å²) in [6.45, 7) is 0. The smallest absolute Gasteiger partial charge is 0.241 e. The SMILES string of the molecule is N#Cc1c(-c2ccc(Cl)cc2)cc(-c2ccccc2)nc1SCC(=O)N(c1ccccc1)c1ccccc1. The summed E-state index contributed by atoms with van der Waals surface area (Å²) < 4.78 is 0. The second-order valence-electron chi connectivity index (χ2n) is 8.41. The van der Waals surface area contributed by atoms with E-state index >= 15 is 0 Å². The zero-order valence-corrected chi connectivity index (χ0v) is 21.9. The minimum absolute atomic E-state index is 0.101. The third-order valence-electron chi connectivity index (χ3n) is 5.93. The van der Waals surface area contributed by atoms with E-state index in [4.69, 9.17) is 16.6 Å². The Labute approximate surface area is 231 Å². The van der Waals surface area contributed by atoms with Gasteiger partial charge in [-0.15, -0.1) is 0 Å². The van der Waals surface area contributed by atoms with Gasteiger partial charge >= 0.3 is 0 Å². The Morgan fingerprint density at radius 3 is 1.89 bits per heavy atom. The van der Waals surface area contributed by atoms with Gasteiger partial charge in [-0.3, -0.25) is 9.69 Å². The number of halogens is 1. The summed E-state index contributed by atoms with van der Waals surface area (Å²) >= 11 is 7.39. The number of hydrogen-bond donors (Lipinski definition) is 0. The number of nitriles is 1. The van der Waals surface area contributed by atoms with Crippen LogP contribution in [-0.4, -0.2) is 16.6 Å². The summed E-state index contributed by atoms with van der Waals surface area (Å²) in [5.74, 6) is -0.0136. The fourth-order valence-corrected chi connectivity index (χ4v) is 5.11. The molecule has 0 atom stereocenters. The molecule has 0 N–H and O–H groups in total. The molecule has 0 spiro atoms. The van der Waals surface area contributed by atoms with Crippen LogP contribution in [0.2, 0.25) is 5.02 Å². The Morgan fingerprint density at radius 2 is 1.34 bits per heavy atom. The van der Waals surface area contributed by atoms with Gasteiger partial charge in [-0.1, -0.05) is 102 Å². The van der Waals surface area contributed by atoms with Crippen LogP contribution in [0.4, 0.5) is 11.4 Å². The highest BCUT2D eigenvalue weighted by Gasteiger charge is 2.21. The van der Waals surface area contributed by atoms with Crippen molar-refractivity contribution < 1.29 is 4.79 Å². The fourth-order valence-electron chi connectivity index (χ4n) is 4.13.